The molecule has 2 aliphatic heterocycles. The second-order valence-corrected chi connectivity index (χ2v) is 9.27. The first-order valence-electron chi connectivity index (χ1n) is 12.2. The number of carbonyl (C=O) groups excluding carboxylic acids is 1. The van der Waals surface area contributed by atoms with E-state index in [1.807, 2.05) is 9.80 Å². The van der Waals surface area contributed by atoms with Crippen molar-refractivity contribution in [3.8, 4) is 17.5 Å². The molecule has 0 unspecified atom stereocenters. The van der Waals surface area contributed by atoms with Crippen molar-refractivity contribution < 1.29 is 13.6 Å². The van der Waals surface area contributed by atoms with Crippen LogP contribution in [0.3, 0.4) is 0 Å². The number of carbonyl (C=O) groups is 1. The number of pyridine rings is 2. The van der Waals surface area contributed by atoms with E-state index in [2.05, 4.69) is 31.3 Å². The molecule has 0 spiro atoms. The van der Waals surface area contributed by atoms with Crippen molar-refractivity contribution in [2.45, 2.75) is 31.6 Å². The van der Waals surface area contributed by atoms with Crippen molar-refractivity contribution in [2.75, 3.05) is 42.9 Å². The number of anilines is 3. The van der Waals surface area contributed by atoms with Gasteiger partial charge in [0.25, 0.3) is 0 Å². The third-order valence-corrected chi connectivity index (χ3v) is 6.44. The quantitative estimate of drug-likeness (QED) is 0.494. The molecule has 0 aromatic carbocycles. The monoisotopic (exact) mass is 504 g/mol. The van der Waals surface area contributed by atoms with Gasteiger partial charge in [0.15, 0.2) is 11.5 Å². The molecule has 2 fully saturated rings. The molecule has 3 aromatic heterocycles. The molecule has 0 bridgehead atoms. The van der Waals surface area contributed by atoms with Crippen LogP contribution in [0.4, 0.5) is 26.1 Å². The lowest BCUT2D eigenvalue weighted by molar-refractivity contribution is -0.119. The van der Waals surface area contributed by atoms with Crippen molar-refractivity contribution >= 4 is 23.1 Å². The van der Waals surface area contributed by atoms with Crippen LogP contribution >= 0.6 is 0 Å². The molecule has 2 aliphatic rings. The number of hydrogen-bond acceptors (Lipinski definition) is 9. The van der Waals surface area contributed by atoms with E-state index in [0.717, 1.165) is 0 Å². The van der Waals surface area contributed by atoms with Crippen LogP contribution in [0.2, 0.25) is 0 Å². The normalized spacial score (nSPS) is 19.6. The minimum atomic E-state index is -0.897. The van der Waals surface area contributed by atoms with Crippen LogP contribution in [-0.4, -0.2) is 75.7 Å². The molecule has 0 aliphatic carbocycles. The number of nitriles is 1. The number of aromatic nitrogens is 4. The lowest BCUT2D eigenvalue weighted by Gasteiger charge is -2.18. The number of nitrogens with one attached hydrogen (secondary N) is 1. The number of rotatable bonds is 8. The van der Waals surface area contributed by atoms with Gasteiger partial charge in [0, 0.05) is 38.1 Å². The third kappa shape index (κ3) is 6.03. The zero-order valence-electron chi connectivity index (χ0n) is 20.1. The van der Waals surface area contributed by atoms with Crippen LogP contribution in [0.25, 0.3) is 11.4 Å². The Hall–Kier alpha value is -4.04. The average Bonchev–Trinajstić information content (AvgIpc) is 3.52. The van der Waals surface area contributed by atoms with Gasteiger partial charge < -0.3 is 10.2 Å². The number of halogens is 2. The summed E-state index contributed by atoms with van der Waals surface area (Å²) in [5.74, 6) is 0.324. The zero-order valence-corrected chi connectivity index (χ0v) is 20.1. The number of likely N-dealkylation sites (tertiary alicyclic amines) is 1. The third-order valence-electron chi connectivity index (χ3n) is 6.44. The van der Waals surface area contributed by atoms with Crippen molar-refractivity contribution in [1.29, 1.82) is 5.26 Å². The summed E-state index contributed by atoms with van der Waals surface area (Å²) in [6.07, 6.45) is 2.55. The van der Waals surface area contributed by atoms with Gasteiger partial charge in [-0.3, -0.25) is 14.7 Å². The van der Waals surface area contributed by atoms with Gasteiger partial charge >= 0.3 is 0 Å². The predicted molar refractivity (Wildman–Crippen MR) is 134 cm³/mol. The molecule has 2 atom stereocenters. The molecule has 0 amide bonds. The van der Waals surface area contributed by atoms with Gasteiger partial charge in [0.2, 0.25) is 5.95 Å². The fourth-order valence-corrected chi connectivity index (χ4v) is 4.60. The van der Waals surface area contributed by atoms with Crippen LogP contribution in [0.5, 0.6) is 0 Å². The number of nitrogens with zero attached hydrogens (tertiary/aromatic N) is 7. The minimum absolute atomic E-state index is 0.00263. The van der Waals surface area contributed by atoms with Crippen molar-refractivity contribution in [3.63, 3.8) is 0 Å². The van der Waals surface area contributed by atoms with Gasteiger partial charge in [-0.25, -0.2) is 23.7 Å². The maximum absolute atomic E-state index is 13.6. The molecule has 5 rings (SSSR count). The Balaban J connectivity index is 1.23. The van der Waals surface area contributed by atoms with Gasteiger partial charge in [-0.15, -0.1) is 0 Å². The van der Waals surface area contributed by atoms with E-state index in [4.69, 9.17) is 0 Å². The van der Waals surface area contributed by atoms with Gasteiger partial charge in [-0.05, 0) is 43.2 Å². The highest BCUT2D eigenvalue weighted by Crippen LogP contribution is 2.27. The standard InChI is InChI=1S/C26H26F2N8O/c27-17-6-9-35(14-17)16-21(37)11-19-1-2-20(13-31-19)32-26-30-8-5-23(34-26)22-3-4-25(24(12-29)33-22)36-10-7-18(28)15-36/h1-5,8,13,17-18H,6-7,9-11,14-16H2,(H,30,32,34)/t17-,18-/m0/s1. The Morgan fingerprint density at radius 2 is 1.84 bits per heavy atom. The van der Waals surface area contributed by atoms with Crippen LogP contribution < -0.4 is 10.2 Å². The molecule has 5 heterocycles. The Labute approximate surface area is 213 Å². The molecule has 9 nitrogen and oxygen atoms in total. The molecule has 11 heteroatoms. The lowest BCUT2D eigenvalue weighted by Crippen LogP contribution is -2.29. The summed E-state index contributed by atoms with van der Waals surface area (Å²) in [6, 6.07) is 10.9. The molecular formula is C26H26F2N8O. The molecule has 0 saturated carbocycles. The lowest BCUT2D eigenvalue weighted by atomic mass is 10.2. The average molecular weight is 505 g/mol. The molecule has 37 heavy (non-hydrogen) atoms. The summed E-state index contributed by atoms with van der Waals surface area (Å²) >= 11 is 0. The zero-order chi connectivity index (χ0) is 25.8. The number of Topliss-reactive ketones (excluding diaryl/α,β-unsaturated/α-hetero) is 1. The predicted octanol–water partition coefficient (Wildman–Crippen LogP) is 3.25. The van der Waals surface area contributed by atoms with Gasteiger partial charge in [0.05, 0.1) is 41.9 Å². The molecular weight excluding hydrogens is 478 g/mol. The van der Waals surface area contributed by atoms with E-state index in [9.17, 15) is 18.8 Å². The van der Waals surface area contributed by atoms with E-state index < -0.39 is 12.3 Å². The molecule has 190 valence electrons. The summed E-state index contributed by atoms with van der Waals surface area (Å²) in [5, 5.41) is 12.7. The van der Waals surface area contributed by atoms with Crippen LogP contribution in [0, 0.1) is 11.3 Å². The Morgan fingerprint density at radius 3 is 2.54 bits per heavy atom. The Morgan fingerprint density at radius 1 is 1.03 bits per heavy atom. The van der Waals surface area contributed by atoms with E-state index in [1.54, 1.807) is 42.7 Å². The van der Waals surface area contributed by atoms with Crippen molar-refractivity contribution in [2.24, 2.45) is 0 Å². The highest BCUT2D eigenvalue weighted by molar-refractivity contribution is 5.82. The van der Waals surface area contributed by atoms with E-state index >= 15 is 0 Å². The van der Waals surface area contributed by atoms with Crippen LogP contribution in [-0.2, 0) is 11.2 Å². The molecule has 1 N–H and O–H groups in total. The summed E-state index contributed by atoms with van der Waals surface area (Å²) in [6.45, 7) is 1.97. The number of hydrogen-bond donors (Lipinski definition) is 1. The summed E-state index contributed by atoms with van der Waals surface area (Å²) in [4.78, 5) is 33.5. The first-order chi connectivity index (χ1) is 18.0. The van der Waals surface area contributed by atoms with Gasteiger partial charge in [-0.2, -0.15) is 5.26 Å². The smallest absolute Gasteiger partial charge is 0.227 e. The van der Waals surface area contributed by atoms with Crippen molar-refractivity contribution in [3.05, 3.63) is 54.1 Å². The van der Waals surface area contributed by atoms with Crippen LogP contribution in [0.15, 0.2) is 42.7 Å². The van der Waals surface area contributed by atoms with E-state index in [0.29, 0.717) is 66.9 Å². The Kier molecular flexibility index (Phi) is 7.28. The van der Waals surface area contributed by atoms with Gasteiger partial charge in [-0.1, -0.05) is 0 Å². The Bertz CT molecular complexity index is 1310. The minimum Gasteiger partial charge on any atom is -0.366 e. The highest BCUT2D eigenvalue weighted by Gasteiger charge is 2.25. The van der Waals surface area contributed by atoms with Crippen LogP contribution in [0.1, 0.15) is 24.2 Å². The second-order valence-electron chi connectivity index (χ2n) is 9.27. The van der Waals surface area contributed by atoms with Gasteiger partial charge in [0.1, 0.15) is 18.4 Å². The first-order valence-corrected chi connectivity index (χ1v) is 12.2. The first kappa shape index (κ1) is 24.6. The maximum atomic E-state index is 13.6. The summed E-state index contributed by atoms with van der Waals surface area (Å²) in [5.41, 5.74) is 3.15. The molecule has 2 saturated heterocycles. The van der Waals surface area contributed by atoms with Crippen molar-refractivity contribution in [1.82, 2.24) is 24.8 Å². The summed E-state index contributed by atoms with van der Waals surface area (Å²) < 4.78 is 26.9. The number of alkyl halides is 2. The topological polar surface area (TPSA) is 111 Å². The fraction of sp³-hybridized carbons (Fsp3) is 0.385. The van der Waals surface area contributed by atoms with E-state index in [1.165, 1.54) is 0 Å². The largest absolute Gasteiger partial charge is 0.366 e. The van der Waals surface area contributed by atoms with E-state index in [-0.39, 0.29) is 31.0 Å². The highest BCUT2D eigenvalue weighted by atomic mass is 19.1. The molecule has 3 aromatic rings. The summed E-state index contributed by atoms with van der Waals surface area (Å²) in [7, 11) is 0. The second kappa shape index (κ2) is 10.9. The fourth-order valence-electron chi connectivity index (χ4n) is 4.60. The molecule has 0 radical (unpaired) electrons. The SMILES string of the molecule is N#Cc1nc(-c2ccnc(Nc3ccc(CC(=O)CN4CC[C@H](F)C4)nc3)n2)ccc1N1CC[C@H](F)C1. The maximum Gasteiger partial charge on any atom is 0.227 e. The number of ketones is 1.